The molecule has 2 rings (SSSR count). The number of hydrogen-bond donors (Lipinski definition) is 1. The molecule has 0 amide bonds. The highest BCUT2D eigenvalue weighted by Gasteiger charge is 2.13. The first-order chi connectivity index (χ1) is 7.75. The molecule has 0 saturated heterocycles. The summed E-state index contributed by atoms with van der Waals surface area (Å²) in [5.74, 6) is 0. The van der Waals surface area contributed by atoms with Gasteiger partial charge in [-0.3, -0.25) is 4.90 Å². The lowest BCUT2D eigenvalue weighted by molar-refractivity contribution is 0.287. The number of hydrogen-bond acceptors (Lipinski definition) is 2. The maximum absolute atomic E-state index is 5.81. The maximum atomic E-state index is 5.81. The molecular weight excluding hydrogens is 196 g/mol. The van der Waals surface area contributed by atoms with Crippen LogP contribution in [0.5, 0.6) is 0 Å². The van der Waals surface area contributed by atoms with Gasteiger partial charge in [-0.05, 0) is 24.5 Å². The van der Waals surface area contributed by atoms with Crippen LogP contribution in [0.3, 0.4) is 0 Å². The summed E-state index contributed by atoms with van der Waals surface area (Å²) in [6.07, 6.45) is 3.47. The van der Waals surface area contributed by atoms with E-state index in [4.69, 9.17) is 5.73 Å². The maximum Gasteiger partial charge on any atom is 0.0169 e. The van der Waals surface area contributed by atoms with Crippen LogP contribution in [-0.2, 0) is 0 Å². The van der Waals surface area contributed by atoms with Gasteiger partial charge in [0.2, 0.25) is 0 Å². The zero-order chi connectivity index (χ0) is 11.4. The van der Waals surface area contributed by atoms with Gasteiger partial charge in [-0.2, -0.15) is 0 Å². The Hall–Kier alpha value is -1.12. The van der Waals surface area contributed by atoms with E-state index in [2.05, 4.69) is 48.2 Å². The summed E-state index contributed by atoms with van der Waals surface area (Å²) in [7, 11) is 0. The van der Waals surface area contributed by atoms with E-state index in [1.807, 2.05) is 0 Å². The van der Waals surface area contributed by atoms with Gasteiger partial charge in [0.05, 0.1) is 0 Å². The van der Waals surface area contributed by atoms with E-state index in [1.54, 1.807) is 0 Å². The van der Waals surface area contributed by atoms with Crippen LogP contribution in [0.2, 0.25) is 0 Å². The van der Waals surface area contributed by atoms with Crippen LogP contribution in [0.4, 0.5) is 0 Å². The van der Waals surface area contributed by atoms with Gasteiger partial charge in [-0.25, -0.2) is 0 Å². The molecule has 0 bridgehead atoms. The average molecular weight is 216 g/mol. The molecule has 86 valence electrons. The van der Waals surface area contributed by atoms with Crippen LogP contribution in [0.25, 0.3) is 5.57 Å². The van der Waals surface area contributed by atoms with E-state index in [-0.39, 0.29) is 6.04 Å². The molecule has 1 atom stereocenters. The minimum absolute atomic E-state index is 0.270. The standard InChI is InChI=1S/C14H20N2/c1-12(15)11-16-9-7-14(8-10-16)13-5-3-2-4-6-13/h2-7,12H,8-11,15H2,1H3/t12-/m0/s1. The summed E-state index contributed by atoms with van der Waals surface area (Å²) in [6.45, 7) is 5.23. The summed E-state index contributed by atoms with van der Waals surface area (Å²) in [5.41, 5.74) is 8.64. The molecule has 2 nitrogen and oxygen atoms in total. The van der Waals surface area contributed by atoms with Crippen LogP contribution in [0.1, 0.15) is 18.9 Å². The van der Waals surface area contributed by atoms with Gasteiger partial charge in [0.1, 0.15) is 0 Å². The fourth-order valence-electron chi connectivity index (χ4n) is 2.20. The van der Waals surface area contributed by atoms with Crippen molar-refractivity contribution < 1.29 is 0 Å². The normalized spacial score (nSPS) is 19.2. The van der Waals surface area contributed by atoms with Gasteiger partial charge in [-0.1, -0.05) is 36.4 Å². The lowest BCUT2D eigenvalue weighted by Gasteiger charge is -2.27. The Morgan fingerprint density at radius 2 is 2.06 bits per heavy atom. The van der Waals surface area contributed by atoms with Crippen molar-refractivity contribution in [3.8, 4) is 0 Å². The Kier molecular flexibility index (Phi) is 3.75. The fraction of sp³-hybridized carbons (Fsp3) is 0.429. The van der Waals surface area contributed by atoms with Gasteiger partial charge < -0.3 is 5.73 Å². The molecule has 2 N–H and O–H groups in total. The molecule has 0 saturated carbocycles. The highest BCUT2D eigenvalue weighted by molar-refractivity contribution is 5.66. The van der Waals surface area contributed by atoms with E-state index in [1.165, 1.54) is 11.1 Å². The highest BCUT2D eigenvalue weighted by atomic mass is 15.1. The average Bonchev–Trinajstić information content (AvgIpc) is 2.30. The quantitative estimate of drug-likeness (QED) is 0.838. The molecule has 1 aromatic carbocycles. The van der Waals surface area contributed by atoms with Gasteiger partial charge in [0.25, 0.3) is 0 Å². The lowest BCUT2D eigenvalue weighted by atomic mass is 9.99. The van der Waals surface area contributed by atoms with Crippen molar-refractivity contribution in [1.82, 2.24) is 4.90 Å². The lowest BCUT2D eigenvalue weighted by Crippen LogP contribution is -2.37. The molecular formula is C14H20N2. The van der Waals surface area contributed by atoms with E-state index in [9.17, 15) is 0 Å². The molecule has 1 aromatic rings. The smallest absolute Gasteiger partial charge is 0.0169 e. The summed E-state index contributed by atoms with van der Waals surface area (Å²) in [4.78, 5) is 2.41. The van der Waals surface area contributed by atoms with Crippen LogP contribution >= 0.6 is 0 Å². The number of benzene rings is 1. The van der Waals surface area contributed by atoms with Crippen LogP contribution < -0.4 is 5.73 Å². The van der Waals surface area contributed by atoms with E-state index in [0.29, 0.717) is 0 Å². The fourth-order valence-corrected chi connectivity index (χ4v) is 2.20. The Labute approximate surface area is 97.8 Å². The van der Waals surface area contributed by atoms with Gasteiger partial charge in [0.15, 0.2) is 0 Å². The van der Waals surface area contributed by atoms with Crippen molar-refractivity contribution in [3.05, 3.63) is 42.0 Å². The van der Waals surface area contributed by atoms with Crippen molar-refractivity contribution >= 4 is 5.57 Å². The third-order valence-corrected chi connectivity index (χ3v) is 2.98. The second-order valence-electron chi connectivity index (χ2n) is 4.58. The van der Waals surface area contributed by atoms with Gasteiger partial charge in [-0.15, -0.1) is 0 Å². The van der Waals surface area contributed by atoms with Crippen LogP contribution in [-0.4, -0.2) is 30.6 Å². The van der Waals surface area contributed by atoms with Crippen molar-refractivity contribution in [3.63, 3.8) is 0 Å². The number of nitrogens with two attached hydrogens (primary N) is 1. The van der Waals surface area contributed by atoms with E-state index < -0.39 is 0 Å². The Morgan fingerprint density at radius 3 is 2.62 bits per heavy atom. The van der Waals surface area contributed by atoms with Crippen LogP contribution in [0.15, 0.2) is 36.4 Å². The van der Waals surface area contributed by atoms with Gasteiger partial charge in [0, 0.05) is 25.7 Å². The van der Waals surface area contributed by atoms with E-state index >= 15 is 0 Å². The first kappa shape index (κ1) is 11.4. The molecule has 16 heavy (non-hydrogen) atoms. The molecule has 1 aliphatic heterocycles. The van der Waals surface area contributed by atoms with Gasteiger partial charge >= 0.3 is 0 Å². The third-order valence-electron chi connectivity index (χ3n) is 2.98. The summed E-state index contributed by atoms with van der Waals surface area (Å²) in [5, 5.41) is 0. The second kappa shape index (κ2) is 5.28. The Balaban J connectivity index is 1.99. The Bertz CT molecular complexity index is 354. The van der Waals surface area contributed by atoms with Crippen molar-refractivity contribution in [2.75, 3.05) is 19.6 Å². The molecule has 0 spiro atoms. The first-order valence-electron chi connectivity index (χ1n) is 5.98. The minimum Gasteiger partial charge on any atom is -0.327 e. The van der Waals surface area contributed by atoms with Crippen molar-refractivity contribution in [2.24, 2.45) is 5.73 Å². The predicted molar refractivity (Wildman–Crippen MR) is 69.1 cm³/mol. The predicted octanol–water partition coefficient (Wildman–Crippen LogP) is 2.12. The number of nitrogens with zero attached hydrogens (tertiary/aromatic N) is 1. The topological polar surface area (TPSA) is 29.3 Å². The summed E-state index contributed by atoms with van der Waals surface area (Å²) in [6, 6.07) is 10.9. The zero-order valence-corrected chi connectivity index (χ0v) is 9.89. The minimum atomic E-state index is 0.270. The largest absolute Gasteiger partial charge is 0.327 e. The summed E-state index contributed by atoms with van der Waals surface area (Å²) >= 11 is 0. The molecule has 1 heterocycles. The molecule has 0 radical (unpaired) electrons. The third kappa shape index (κ3) is 2.94. The molecule has 1 aliphatic rings. The van der Waals surface area contributed by atoms with Crippen LogP contribution in [0, 0.1) is 0 Å². The SMILES string of the molecule is C[C@H](N)CN1CC=C(c2ccccc2)CC1. The number of rotatable bonds is 3. The highest BCUT2D eigenvalue weighted by Crippen LogP contribution is 2.21. The molecule has 2 heteroatoms. The molecule has 0 fully saturated rings. The zero-order valence-electron chi connectivity index (χ0n) is 9.89. The Morgan fingerprint density at radius 1 is 1.31 bits per heavy atom. The van der Waals surface area contributed by atoms with Crippen molar-refractivity contribution in [2.45, 2.75) is 19.4 Å². The van der Waals surface area contributed by atoms with E-state index in [0.717, 1.165) is 26.1 Å². The molecule has 0 unspecified atom stereocenters. The molecule has 0 aliphatic carbocycles. The van der Waals surface area contributed by atoms with Crippen molar-refractivity contribution in [1.29, 1.82) is 0 Å². The second-order valence-corrected chi connectivity index (χ2v) is 4.58. The molecule has 0 aromatic heterocycles. The first-order valence-corrected chi connectivity index (χ1v) is 5.98. The monoisotopic (exact) mass is 216 g/mol. The summed E-state index contributed by atoms with van der Waals surface area (Å²) < 4.78 is 0.